The third-order valence-corrected chi connectivity index (χ3v) is 4.72. The van der Waals surface area contributed by atoms with E-state index in [-0.39, 0.29) is 12.4 Å². The molecule has 0 saturated carbocycles. The summed E-state index contributed by atoms with van der Waals surface area (Å²) >= 11 is 0. The molecule has 0 spiro atoms. The molecule has 0 aliphatic carbocycles. The third kappa shape index (κ3) is 5.09. The molecule has 3 atom stereocenters. The summed E-state index contributed by atoms with van der Waals surface area (Å²) in [6.45, 7) is 0.653. The first kappa shape index (κ1) is 19.9. The fourth-order valence-electron chi connectivity index (χ4n) is 3.17. The Hall–Kier alpha value is -2.90. The van der Waals surface area contributed by atoms with E-state index in [2.05, 4.69) is 10.6 Å². The van der Waals surface area contributed by atoms with E-state index in [0.29, 0.717) is 24.9 Å². The first-order valence-corrected chi connectivity index (χ1v) is 9.26. The van der Waals surface area contributed by atoms with E-state index >= 15 is 0 Å². The number of phenols is 1. The summed E-state index contributed by atoms with van der Waals surface area (Å²) in [6, 6.07) is 13.4. The number of aliphatic hydroxyl groups is 1. The van der Waals surface area contributed by atoms with E-state index in [4.69, 9.17) is 4.74 Å². The molecule has 1 fully saturated rings. The van der Waals surface area contributed by atoms with Gasteiger partial charge in [0.15, 0.2) is 0 Å². The summed E-state index contributed by atoms with van der Waals surface area (Å²) in [6.07, 6.45) is 0.246. The van der Waals surface area contributed by atoms with Crippen LogP contribution in [0, 0.1) is 0 Å². The molecule has 1 heterocycles. The van der Waals surface area contributed by atoms with Crippen LogP contribution in [0.15, 0.2) is 54.6 Å². The zero-order valence-electron chi connectivity index (χ0n) is 15.4. The molecule has 2 aromatic carbocycles. The first-order chi connectivity index (χ1) is 13.5. The number of carbonyl (C=O) groups is 2. The van der Waals surface area contributed by atoms with Crippen LogP contribution in [0.2, 0.25) is 0 Å². The number of ether oxygens (including phenoxy) is 1. The zero-order chi connectivity index (χ0) is 19.9. The van der Waals surface area contributed by atoms with Crippen molar-refractivity contribution in [3.05, 3.63) is 65.7 Å². The molecule has 148 valence electrons. The first-order valence-electron chi connectivity index (χ1n) is 9.26. The highest BCUT2D eigenvalue weighted by Gasteiger charge is 2.37. The Kier molecular flexibility index (Phi) is 6.62. The minimum Gasteiger partial charge on any atom is -0.508 e. The van der Waals surface area contributed by atoms with Crippen molar-refractivity contribution in [1.82, 2.24) is 10.6 Å². The van der Waals surface area contributed by atoms with Gasteiger partial charge in [0.1, 0.15) is 18.4 Å². The van der Waals surface area contributed by atoms with Crippen molar-refractivity contribution in [2.75, 3.05) is 6.54 Å². The van der Waals surface area contributed by atoms with Crippen molar-refractivity contribution in [3.8, 4) is 5.75 Å². The maximum atomic E-state index is 12.7. The lowest BCUT2D eigenvalue weighted by atomic mass is 10.00. The smallest absolute Gasteiger partial charge is 0.325 e. The third-order valence-electron chi connectivity index (χ3n) is 4.72. The van der Waals surface area contributed by atoms with Gasteiger partial charge >= 0.3 is 5.97 Å². The van der Waals surface area contributed by atoms with Crippen molar-refractivity contribution >= 4 is 11.9 Å². The Morgan fingerprint density at radius 3 is 2.54 bits per heavy atom. The molecule has 3 rings (SSSR count). The maximum absolute atomic E-state index is 12.7. The van der Waals surface area contributed by atoms with Gasteiger partial charge in [0.25, 0.3) is 5.91 Å². The number of aliphatic hydroxyl groups excluding tert-OH is 1. The number of phenolic OH excluding ortho intramolecular Hbond substituents is 1. The standard InChI is InChI=1S/C21H24N2O5/c24-16-10-8-15(9-11-16)20(26)23-18-17(25)7-4-12-22-19(18)21(27)28-13-14-5-2-1-3-6-14/h1-3,5-6,8-11,17-19,22,24-25H,4,7,12-13H2,(H,23,26). The summed E-state index contributed by atoms with van der Waals surface area (Å²) in [5.74, 6) is -0.912. The number of hydrogen-bond acceptors (Lipinski definition) is 6. The molecule has 1 saturated heterocycles. The molecule has 0 radical (unpaired) electrons. The maximum Gasteiger partial charge on any atom is 0.325 e. The van der Waals surface area contributed by atoms with Crippen LogP contribution >= 0.6 is 0 Å². The van der Waals surface area contributed by atoms with Gasteiger partial charge in [-0.25, -0.2) is 0 Å². The minimum absolute atomic E-state index is 0.0510. The second-order valence-corrected chi connectivity index (χ2v) is 6.78. The topological polar surface area (TPSA) is 108 Å². The second-order valence-electron chi connectivity index (χ2n) is 6.78. The van der Waals surface area contributed by atoms with Gasteiger partial charge in [0, 0.05) is 5.56 Å². The van der Waals surface area contributed by atoms with E-state index in [1.54, 1.807) is 0 Å². The lowest BCUT2D eigenvalue weighted by molar-refractivity contribution is -0.149. The Bertz CT molecular complexity index is 794. The van der Waals surface area contributed by atoms with Gasteiger partial charge in [-0.3, -0.25) is 9.59 Å². The Morgan fingerprint density at radius 1 is 1.11 bits per heavy atom. The summed E-state index contributed by atoms with van der Waals surface area (Å²) in [5, 5.41) is 25.7. The van der Waals surface area contributed by atoms with E-state index in [1.165, 1.54) is 24.3 Å². The number of rotatable bonds is 5. The lowest BCUT2D eigenvalue weighted by Gasteiger charge is -2.28. The van der Waals surface area contributed by atoms with Crippen molar-refractivity contribution < 1.29 is 24.5 Å². The van der Waals surface area contributed by atoms with Crippen LogP contribution in [-0.2, 0) is 16.1 Å². The SMILES string of the molecule is O=C(NC1C(O)CCCNC1C(=O)OCc1ccccc1)c1ccc(O)cc1. The van der Waals surface area contributed by atoms with E-state index in [1.807, 2.05) is 30.3 Å². The summed E-state index contributed by atoms with van der Waals surface area (Å²) in [5.41, 5.74) is 1.18. The van der Waals surface area contributed by atoms with Crippen LogP contribution in [0.1, 0.15) is 28.8 Å². The van der Waals surface area contributed by atoms with Crippen LogP contribution in [-0.4, -0.2) is 46.8 Å². The Morgan fingerprint density at radius 2 is 1.82 bits per heavy atom. The molecule has 1 aliphatic rings. The van der Waals surface area contributed by atoms with Gasteiger partial charge < -0.3 is 25.6 Å². The number of esters is 1. The van der Waals surface area contributed by atoms with Gasteiger partial charge in [0.2, 0.25) is 0 Å². The Balaban J connectivity index is 1.70. The summed E-state index contributed by atoms with van der Waals surface area (Å²) in [4.78, 5) is 25.2. The molecule has 2 aromatic rings. The quantitative estimate of drug-likeness (QED) is 0.580. The van der Waals surface area contributed by atoms with Crippen molar-refractivity contribution in [2.24, 2.45) is 0 Å². The van der Waals surface area contributed by atoms with Crippen LogP contribution in [0.5, 0.6) is 5.75 Å². The minimum atomic E-state index is -0.884. The van der Waals surface area contributed by atoms with E-state index in [9.17, 15) is 19.8 Å². The number of aromatic hydroxyl groups is 1. The van der Waals surface area contributed by atoms with Crippen LogP contribution in [0.25, 0.3) is 0 Å². The Labute approximate surface area is 163 Å². The molecule has 4 N–H and O–H groups in total. The van der Waals surface area contributed by atoms with Gasteiger partial charge in [-0.15, -0.1) is 0 Å². The predicted octanol–water partition coefficient (Wildman–Crippen LogP) is 1.35. The molecule has 7 nitrogen and oxygen atoms in total. The van der Waals surface area contributed by atoms with Crippen LogP contribution in [0.4, 0.5) is 0 Å². The van der Waals surface area contributed by atoms with Crippen molar-refractivity contribution in [1.29, 1.82) is 0 Å². The fourth-order valence-corrected chi connectivity index (χ4v) is 3.17. The second kappa shape index (κ2) is 9.34. The molecule has 3 unspecified atom stereocenters. The number of carbonyl (C=O) groups excluding carboxylic acids is 2. The number of amides is 1. The zero-order valence-corrected chi connectivity index (χ0v) is 15.4. The molecular formula is C21H24N2O5. The highest BCUT2D eigenvalue weighted by atomic mass is 16.5. The number of benzene rings is 2. The summed E-state index contributed by atoms with van der Waals surface area (Å²) < 4.78 is 5.41. The van der Waals surface area contributed by atoms with Crippen molar-refractivity contribution in [2.45, 2.75) is 37.6 Å². The molecule has 7 heteroatoms. The van der Waals surface area contributed by atoms with E-state index < -0.39 is 30.1 Å². The highest BCUT2D eigenvalue weighted by molar-refractivity contribution is 5.95. The molecular weight excluding hydrogens is 360 g/mol. The highest BCUT2D eigenvalue weighted by Crippen LogP contribution is 2.15. The molecule has 0 aromatic heterocycles. The fraction of sp³-hybridized carbons (Fsp3) is 0.333. The molecule has 1 aliphatic heterocycles. The number of hydrogen-bond donors (Lipinski definition) is 4. The van der Waals surface area contributed by atoms with Gasteiger partial charge in [-0.05, 0) is 49.2 Å². The molecule has 28 heavy (non-hydrogen) atoms. The van der Waals surface area contributed by atoms with Crippen LogP contribution < -0.4 is 10.6 Å². The average Bonchev–Trinajstić information content (AvgIpc) is 2.89. The van der Waals surface area contributed by atoms with Gasteiger partial charge in [-0.2, -0.15) is 0 Å². The monoisotopic (exact) mass is 384 g/mol. The van der Waals surface area contributed by atoms with Crippen LogP contribution in [0.3, 0.4) is 0 Å². The summed E-state index contributed by atoms with van der Waals surface area (Å²) in [7, 11) is 0. The van der Waals surface area contributed by atoms with Crippen molar-refractivity contribution in [3.63, 3.8) is 0 Å². The largest absolute Gasteiger partial charge is 0.508 e. The van der Waals surface area contributed by atoms with E-state index in [0.717, 1.165) is 5.56 Å². The molecule has 0 bridgehead atoms. The molecule has 1 amide bonds. The predicted molar refractivity (Wildman–Crippen MR) is 103 cm³/mol. The number of nitrogens with one attached hydrogen (secondary N) is 2. The van der Waals surface area contributed by atoms with Gasteiger partial charge in [-0.1, -0.05) is 30.3 Å². The lowest BCUT2D eigenvalue weighted by Crippen LogP contribution is -2.58. The normalized spacial score (nSPS) is 22.1. The average molecular weight is 384 g/mol. The van der Waals surface area contributed by atoms with Gasteiger partial charge in [0.05, 0.1) is 12.1 Å².